The molecular weight excluding hydrogens is 399 g/mol. The Morgan fingerprint density at radius 3 is 2.90 bits per heavy atom. The highest BCUT2D eigenvalue weighted by atomic mass is 32.1. The first-order chi connectivity index (χ1) is 14.7. The second kappa shape index (κ2) is 6.64. The molecule has 152 valence electrons. The molecule has 0 bridgehead atoms. The van der Waals surface area contributed by atoms with E-state index in [2.05, 4.69) is 16.0 Å². The van der Waals surface area contributed by atoms with Crippen molar-refractivity contribution in [2.24, 2.45) is 11.8 Å². The molecule has 1 aliphatic heterocycles. The number of pyridine rings is 1. The summed E-state index contributed by atoms with van der Waals surface area (Å²) < 4.78 is 18.8. The van der Waals surface area contributed by atoms with Gasteiger partial charge < -0.3 is 9.64 Å². The van der Waals surface area contributed by atoms with Gasteiger partial charge in [0.15, 0.2) is 0 Å². The lowest BCUT2D eigenvalue weighted by molar-refractivity contribution is 0.0291. The lowest BCUT2D eigenvalue weighted by atomic mass is 9.65. The van der Waals surface area contributed by atoms with Gasteiger partial charge in [0.05, 0.1) is 24.4 Å². The molecule has 1 spiro atoms. The molecule has 3 aliphatic rings. The molecule has 0 radical (unpaired) electrons. The zero-order valence-corrected chi connectivity index (χ0v) is 17.1. The van der Waals surface area contributed by atoms with Crippen molar-refractivity contribution >= 4 is 17.2 Å². The molecule has 0 N–H and O–H groups in total. The number of carbonyl (C=O) groups is 1. The maximum atomic E-state index is 13.5. The quantitative estimate of drug-likeness (QED) is 0.544. The number of likely N-dealkylation sites (tertiary alicyclic amines) is 1. The standard InChI is InChI=1S/C24H21FN2O2S/c25-16-7-10-22(26-13-16)29-14-15-12-24-19(15)8-9-21(24)27(24)23(28)18-5-2-1-4-17(18)20-6-3-11-30-20/h1-7,10-11,13,15,19,21H,8-9,12,14H2. The molecule has 1 amide bonds. The van der Waals surface area contributed by atoms with E-state index in [1.165, 1.54) is 12.3 Å². The van der Waals surface area contributed by atoms with E-state index in [0.29, 0.717) is 30.4 Å². The summed E-state index contributed by atoms with van der Waals surface area (Å²) in [6.07, 6.45) is 4.38. The van der Waals surface area contributed by atoms with Gasteiger partial charge in [0.1, 0.15) is 5.82 Å². The molecule has 6 heteroatoms. The zero-order valence-electron chi connectivity index (χ0n) is 16.3. The Labute approximate surface area is 178 Å². The van der Waals surface area contributed by atoms with E-state index in [9.17, 15) is 9.18 Å². The summed E-state index contributed by atoms with van der Waals surface area (Å²) in [5.41, 5.74) is 1.86. The molecule has 3 aromatic rings. The fraction of sp³-hybridized carbons (Fsp3) is 0.333. The van der Waals surface area contributed by atoms with Gasteiger partial charge in [0, 0.05) is 28.0 Å². The van der Waals surface area contributed by atoms with Crippen LogP contribution in [-0.2, 0) is 0 Å². The van der Waals surface area contributed by atoms with Crippen LogP contribution in [0.2, 0.25) is 0 Å². The smallest absolute Gasteiger partial charge is 0.255 e. The van der Waals surface area contributed by atoms with E-state index in [4.69, 9.17) is 4.74 Å². The average molecular weight is 421 g/mol. The molecule has 6 rings (SSSR count). The molecular formula is C24H21FN2O2S. The number of halogens is 1. The van der Waals surface area contributed by atoms with Crippen molar-refractivity contribution in [2.75, 3.05) is 6.61 Å². The third kappa shape index (κ3) is 2.56. The summed E-state index contributed by atoms with van der Waals surface area (Å²) in [7, 11) is 0. The number of piperidine rings is 1. The van der Waals surface area contributed by atoms with Crippen LogP contribution in [0.3, 0.4) is 0 Å². The van der Waals surface area contributed by atoms with Gasteiger partial charge in [0.2, 0.25) is 5.88 Å². The minimum absolute atomic E-state index is 0.0316. The topological polar surface area (TPSA) is 42.2 Å². The van der Waals surface area contributed by atoms with Crippen molar-refractivity contribution in [3.05, 3.63) is 71.5 Å². The van der Waals surface area contributed by atoms with Crippen molar-refractivity contribution < 1.29 is 13.9 Å². The normalized spacial score (nSPS) is 28.4. The molecule has 4 nitrogen and oxygen atoms in total. The Hall–Kier alpha value is -2.73. The van der Waals surface area contributed by atoms with Crippen LogP contribution in [0.4, 0.5) is 4.39 Å². The molecule has 4 unspecified atom stereocenters. The molecule has 2 aromatic heterocycles. The molecule has 2 saturated carbocycles. The second-order valence-corrected chi connectivity index (χ2v) is 9.43. The molecule has 4 atom stereocenters. The van der Waals surface area contributed by atoms with Crippen molar-refractivity contribution in [1.82, 2.24) is 9.88 Å². The van der Waals surface area contributed by atoms with Crippen LogP contribution in [-0.4, -0.2) is 34.0 Å². The number of aromatic nitrogens is 1. The van der Waals surface area contributed by atoms with Crippen LogP contribution in [0.5, 0.6) is 5.88 Å². The molecule has 1 aromatic carbocycles. The Bertz CT molecular complexity index is 1100. The van der Waals surface area contributed by atoms with Gasteiger partial charge in [-0.1, -0.05) is 24.3 Å². The number of nitrogens with zero attached hydrogens (tertiary/aromatic N) is 2. The predicted molar refractivity (Wildman–Crippen MR) is 113 cm³/mol. The first-order valence-electron chi connectivity index (χ1n) is 10.4. The van der Waals surface area contributed by atoms with Gasteiger partial charge in [-0.2, -0.15) is 0 Å². The molecule has 1 saturated heterocycles. The Morgan fingerprint density at radius 1 is 1.20 bits per heavy atom. The van der Waals surface area contributed by atoms with Crippen LogP contribution < -0.4 is 4.74 Å². The molecule has 2 aliphatic carbocycles. The number of carbonyl (C=O) groups excluding carboxylic acids is 1. The van der Waals surface area contributed by atoms with E-state index in [1.54, 1.807) is 17.4 Å². The summed E-state index contributed by atoms with van der Waals surface area (Å²) in [4.78, 5) is 20.7. The fourth-order valence-electron chi connectivity index (χ4n) is 5.83. The summed E-state index contributed by atoms with van der Waals surface area (Å²) in [5.74, 6) is 1.17. The van der Waals surface area contributed by atoms with Crippen LogP contribution in [0, 0.1) is 17.7 Å². The highest BCUT2D eigenvalue weighted by Crippen LogP contribution is 2.69. The third-order valence-electron chi connectivity index (χ3n) is 7.13. The number of hydrogen-bond donors (Lipinski definition) is 0. The van der Waals surface area contributed by atoms with Crippen molar-refractivity contribution in [2.45, 2.75) is 30.8 Å². The Morgan fingerprint density at radius 2 is 2.10 bits per heavy atom. The average Bonchev–Trinajstić information content (AvgIpc) is 3.05. The van der Waals surface area contributed by atoms with Crippen molar-refractivity contribution in [3.8, 4) is 16.3 Å². The highest BCUT2D eigenvalue weighted by molar-refractivity contribution is 7.13. The van der Waals surface area contributed by atoms with Crippen molar-refractivity contribution in [3.63, 3.8) is 0 Å². The Kier molecular flexibility index (Phi) is 4.00. The van der Waals surface area contributed by atoms with E-state index in [-0.39, 0.29) is 17.3 Å². The fourth-order valence-corrected chi connectivity index (χ4v) is 6.59. The van der Waals surface area contributed by atoms with Gasteiger partial charge in [-0.25, -0.2) is 9.37 Å². The molecule has 3 fully saturated rings. The van der Waals surface area contributed by atoms with Crippen LogP contribution in [0.25, 0.3) is 10.4 Å². The lowest BCUT2D eigenvalue weighted by Crippen LogP contribution is -2.49. The minimum Gasteiger partial charge on any atom is -0.477 e. The van der Waals surface area contributed by atoms with Crippen LogP contribution in [0.15, 0.2) is 60.1 Å². The van der Waals surface area contributed by atoms with Crippen LogP contribution >= 0.6 is 11.3 Å². The maximum absolute atomic E-state index is 13.5. The Balaban J connectivity index is 1.17. The number of thiophene rings is 1. The predicted octanol–water partition coefficient (Wildman–Crippen LogP) is 5.02. The SMILES string of the molecule is O=C(c1ccccc1-c1cccs1)N1C2CCC3C(COc4ccc(F)cn4)CC321. The number of amides is 1. The largest absolute Gasteiger partial charge is 0.477 e. The zero-order chi connectivity index (χ0) is 20.3. The monoisotopic (exact) mass is 420 g/mol. The number of ether oxygens (including phenoxy) is 1. The third-order valence-corrected chi connectivity index (χ3v) is 8.03. The maximum Gasteiger partial charge on any atom is 0.255 e. The van der Waals surface area contributed by atoms with E-state index in [1.807, 2.05) is 35.7 Å². The molecule has 3 heterocycles. The van der Waals surface area contributed by atoms with Gasteiger partial charge in [-0.3, -0.25) is 4.79 Å². The lowest BCUT2D eigenvalue weighted by Gasteiger charge is -2.43. The minimum atomic E-state index is -0.362. The first-order valence-corrected chi connectivity index (χ1v) is 11.3. The molecule has 30 heavy (non-hydrogen) atoms. The number of rotatable bonds is 5. The van der Waals surface area contributed by atoms with E-state index in [0.717, 1.165) is 35.3 Å². The summed E-state index contributed by atoms with van der Waals surface area (Å²) in [6, 6.07) is 15.3. The van der Waals surface area contributed by atoms with E-state index < -0.39 is 0 Å². The van der Waals surface area contributed by atoms with Crippen LogP contribution in [0.1, 0.15) is 29.6 Å². The van der Waals surface area contributed by atoms with Gasteiger partial charge in [-0.15, -0.1) is 11.3 Å². The second-order valence-electron chi connectivity index (χ2n) is 8.48. The van der Waals surface area contributed by atoms with Gasteiger partial charge in [-0.05, 0) is 48.8 Å². The summed E-state index contributed by atoms with van der Waals surface area (Å²) in [6.45, 7) is 0.575. The summed E-state index contributed by atoms with van der Waals surface area (Å²) >= 11 is 1.66. The first kappa shape index (κ1) is 18.1. The van der Waals surface area contributed by atoms with Crippen molar-refractivity contribution in [1.29, 1.82) is 0 Å². The number of benzene rings is 1. The number of hydrogen-bond acceptors (Lipinski definition) is 4. The van der Waals surface area contributed by atoms with E-state index >= 15 is 0 Å². The highest BCUT2D eigenvalue weighted by Gasteiger charge is 2.78. The summed E-state index contributed by atoms with van der Waals surface area (Å²) in [5, 5.41) is 2.05. The van der Waals surface area contributed by atoms with Gasteiger partial charge >= 0.3 is 0 Å². The van der Waals surface area contributed by atoms with Gasteiger partial charge in [0.25, 0.3) is 5.91 Å².